The molecule has 0 amide bonds. The summed E-state index contributed by atoms with van der Waals surface area (Å²) in [6.45, 7) is 7.76. The van der Waals surface area contributed by atoms with Crippen LogP contribution in [-0.4, -0.2) is 35.9 Å². The van der Waals surface area contributed by atoms with E-state index in [1.165, 1.54) is 6.08 Å². The lowest BCUT2D eigenvalue weighted by Gasteiger charge is -2.43. The molecule has 0 bridgehead atoms. The highest BCUT2D eigenvalue weighted by Crippen LogP contribution is 2.31. The van der Waals surface area contributed by atoms with Crippen LogP contribution in [0.4, 0.5) is 5.69 Å². The minimum absolute atomic E-state index is 0.133. The summed E-state index contributed by atoms with van der Waals surface area (Å²) < 4.78 is 6.85. The molecule has 2 rings (SSSR count). The van der Waals surface area contributed by atoms with Gasteiger partial charge in [0.1, 0.15) is 0 Å². The van der Waals surface area contributed by atoms with Gasteiger partial charge in [-0.2, -0.15) is 0 Å². The molecule has 1 atom stereocenters. The monoisotopic (exact) mass is 353 g/mol. The molecule has 0 spiro atoms. The molecule has 0 aliphatic carbocycles. The summed E-state index contributed by atoms with van der Waals surface area (Å²) in [4.78, 5) is 13.0. The molecule has 21 heavy (non-hydrogen) atoms. The van der Waals surface area contributed by atoms with Crippen molar-refractivity contribution in [2.75, 3.05) is 18.0 Å². The van der Waals surface area contributed by atoms with Gasteiger partial charge in [-0.05, 0) is 50.6 Å². The van der Waals surface area contributed by atoms with Gasteiger partial charge in [0.15, 0.2) is 0 Å². The summed E-state index contributed by atoms with van der Waals surface area (Å²) in [5.74, 6) is -0.948. The summed E-state index contributed by atoms with van der Waals surface area (Å²) in [6, 6.07) is 5.92. The number of carboxylic acid groups (broad SMARTS) is 1. The van der Waals surface area contributed by atoms with Gasteiger partial charge in [-0.15, -0.1) is 0 Å². The molecule has 1 aromatic rings. The van der Waals surface area contributed by atoms with Gasteiger partial charge in [-0.25, -0.2) is 4.79 Å². The molecule has 1 aliphatic rings. The van der Waals surface area contributed by atoms with Crippen LogP contribution in [0, 0.1) is 0 Å². The zero-order valence-corrected chi connectivity index (χ0v) is 14.1. The van der Waals surface area contributed by atoms with Crippen LogP contribution in [0.15, 0.2) is 28.7 Å². The first-order valence-corrected chi connectivity index (χ1v) is 7.69. The number of hydrogen-bond donors (Lipinski definition) is 1. The highest BCUT2D eigenvalue weighted by molar-refractivity contribution is 9.10. The second kappa shape index (κ2) is 6.20. The highest BCUT2D eigenvalue weighted by atomic mass is 79.9. The standard InChI is InChI=1S/C16H20BrNO3/c1-11-9-18(10-16(2,3)21-11)14-6-5-13(17)8-12(14)4-7-15(19)20/h4-8,11H,9-10H2,1-3H3,(H,19,20)/b7-4+. The van der Waals surface area contributed by atoms with Crippen molar-refractivity contribution in [2.24, 2.45) is 0 Å². The summed E-state index contributed by atoms with van der Waals surface area (Å²) in [7, 11) is 0. The molecule has 1 N–H and O–H groups in total. The largest absolute Gasteiger partial charge is 0.478 e. The number of anilines is 1. The van der Waals surface area contributed by atoms with Gasteiger partial charge in [-0.3, -0.25) is 0 Å². The number of rotatable bonds is 3. The Morgan fingerprint density at radius 1 is 1.52 bits per heavy atom. The zero-order valence-electron chi connectivity index (χ0n) is 12.5. The van der Waals surface area contributed by atoms with Gasteiger partial charge in [0.25, 0.3) is 0 Å². The van der Waals surface area contributed by atoms with Gasteiger partial charge in [0.05, 0.1) is 11.7 Å². The Morgan fingerprint density at radius 3 is 2.86 bits per heavy atom. The minimum Gasteiger partial charge on any atom is -0.478 e. The number of ether oxygens (including phenoxy) is 1. The number of aliphatic carboxylic acids is 1. The number of carbonyl (C=O) groups is 1. The fourth-order valence-electron chi connectivity index (χ4n) is 2.75. The molecule has 0 aromatic heterocycles. The Labute approximate surface area is 133 Å². The topological polar surface area (TPSA) is 49.8 Å². The van der Waals surface area contributed by atoms with E-state index in [9.17, 15) is 4.79 Å². The highest BCUT2D eigenvalue weighted by Gasteiger charge is 2.32. The molecule has 4 nitrogen and oxygen atoms in total. The Bertz CT molecular complexity index is 569. The lowest BCUT2D eigenvalue weighted by atomic mass is 10.0. The van der Waals surface area contributed by atoms with Crippen molar-refractivity contribution in [1.29, 1.82) is 0 Å². The van der Waals surface area contributed by atoms with E-state index in [1.807, 2.05) is 18.2 Å². The van der Waals surface area contributed by atoms with Crippen LogP contribution in [0.1, 0.15) is 26.3 Å². The van der Waals surface area contributed by atoms with E-state index in [0.29, 0.717) is 0 Å². The van der Waals surface area contributed by atoms with Crippen LogP contribution >= 0.6 is 15.9 Å². The zero-order chi connectivity index (χ0) is 15.6. The molecule has 5 heteroatoms. The van der Waals surface area contributed by atoms with E-state index in [4.69, 9.17) is 9.84 Å². The molecule has 1 aliphatic heterocycles. The van der Waals surface area contributed by atoms with Gasteiger partial charge < -0.3 is 14.7 Å². The first-order chi connectivity index (χ1) is 9.77. The lowest BCUT2D eigenvalue weighted by molar-refractivity contribution is -0.131. The molecule has 1 saturated heterocycles. The molecule has 1 heterocycles. The smallest absolute Gasteiger partial charge is 0.328 e. The normalized spacial score (nSPS) is 21.7. The van der Waals surface area contributed by atoms with Crippen LogP contribution in [0.25, 0.3) is 6.08 Å². The second-order valence-electron chi connectivity index (χ2n) is 5.94. The summed E-state index contributed by atoms with van der Waals surface area (Å²) in [6.07, 6.45) is 2.93. The number of morpholine rings is 1. The number of carboxylic acids is 1. The predicted molar refractivity (Wildman–Crippen MR) is 87.7 cm³/mol. The maximum Gasteiger partial charge on any atom is 0.328 e. The van der Waals surface area contributed by atoms with Gasteiger partial charge in [-0.1, -0.05) is 15.9 Å². The molecule has 1 unspecified atom stereocenters. The summed E-state index contributed by atoms with van der Waals surface area (Å²) in [5.41, 5.74) is 1.69. The Kier molecular flexibility index (Phi) is 4.74. The Hall–Kier alpha value is -1.33. The molecule has 0 saturated carbocycles. The van der Waals surface area contributed by atoms with Crippen LogP contribution in [0.2, 0.25) is 0 Å². The average Bonchev–Trinajstić information content (AvgIpc) is 2.33. The van der Waals surface area contributed by atoms with Gasteiger partial charge >= 0.3 is 5.97 Å². The quantitative estimate of drug-likeness (QED) is 0.844. The van der Waals surface area contributed by atoms with E-state index in [1.54, 1.807) is 6.08 Å². The summed E-state index contributed by atoms with van der Waals surface area (Å²) >= 11 is 3.44. The van der Waals surface area contributed by atoms with Crippen molar-refractivity contribution in [3.8, 4) is 0 Å². The fraction of sp³-hybridized carbons (Fsp3) is 0.438. The van der Waals surface area contributed by atoms with E-state index in [0.717, 1.165) is 28.8 Å². The fourth-order valence-corrected chi connectivity index (χ4v) is 3.12. The molecule has 1 fully saturated rings. The molecule has 0 radical (unpaired) electrons. The average molecular weight is 354 g/mol. The maximum atomic E-state index is 10.8. The van der Waals surface area contributed by atoms with Crippen LogP contribution in [0.3, 0.4) is 0 Å². The van der Waals surface area contributed by atoms with E-state index in [-0.39, 0.29) is 11.7 Å². The molecule has 1 aromatic carbocycles. The van der Waals surface area contributed by atoms with Crippen molar-refractivity contribution in [3.63, 3.8) is 0 Å². The third-order valence-corrected chi connectivity index (χ3v) is 3.80. The first kappa shape index (κ1) is 16.0. The third kappa shape index (κ3) is 4.32. The van der Waals surface area contributed by atoms with E-state index < -0.39 is 5.97 Å². The van der Waals surface area contributed by atoms with Gasteiger partial charge in [0, 0.05) is 29.3 Å². The van der Waals surface area contributed by atoms with E-state index in [2.05, 4.69) is 41.6 Å². The SMILES string of the molecule is CC1CN(c2ccc(Br)cc2/C=C/C(=O)O)CC(C)(C)O1. The maximum absolute atomic E-state index is 10.8. The molecular weight excluding hydrogens is 334 g/mol. The predicted octanol–water partition coefficient (Wildman–Crippen LogP) is 3.55. The minimum atomic E-state index is -0.948. The lowest BCUT2D eigenvalue weighted by Crippen LogP contribution is -2.52. The van der Waals surface area contributed by atoms with Crippen molar-refractivity contribution in [1.82, 2.24) is 0 Å². The number of benzene rings is 1. The summed E-state index contributed by atoms with van der Waals surface area (Å²) in [5, 5.41) is 8.84. The number of halogens is 1. The molecule has 114 valence electrons. The molecular formula is C16H20BrNO3. The number of hydrogen-bond acceptors (Lipinski definition) is 3. The van der Waals surface area contributed by atoms with Crippen molar-refractivity contribution < 1.29 is 14.6 Å². The van der Waals surface area contributed by atoms with Crippen LogP contribution in [-0.2, 0) is 9.53 Å². The van der Waals surface area contributed by atoms with Crippen LogP contribution in [0.5, 0.6) is 0 Å². The number of nitrogens with zero attached hydrogens (tertiary/aromatic N) is 1. The third-order valence-electron chi connectivity index (χ3n) is 3.31. The van der Waals surface area contributed by atoms with Crippen molar-refractivity contribution in [2.45, 2.75) is 32.5 Å². The van der Waals surface area contributed by atoms with E-state index >= 15 is 0 Å². The second-order valence-corrected chi connectivity index (χ2v) is 6.86. The van der Waals surface area contributed by atoms with Crippen molar-refractivity contribution in [3.05, 3.63) is 34.3 Å². The Morgan fingerprint density at radius 2 is 2.24 bits per heavy atom. The Balaban J connectivity index is 2.36. The first-order valence-electron chi connectivity index (χ1n) is 6.90. The van der Waals surface area contributed by atoms with Crippen molar-refractivity contribution >= 4 is 33.7 Å². The van der Waals surface area contributed by atoms with Gasteiger partial charge in [0.2, 0.25) is 0 Å². The van der Waals surface area contributed by atoms with Crippen LogP contribution < -0.4 is 4.90 Å².